The number of fused-ring (bicyclic) bond motifs is 1. The zero-order valence-corrected chi connectivity index (χ0v) is 11.9. The summed E-state index contributed by atoms with van der Waals surface area (Å²) in [6, 6.07) is 5.31. The fraction of sp³-hybridized carbons (Fsp3) is 0.214. The summed E-state index contributed by atoms with van der Waals surface area (Å²) in [5, 5.41) is 4.31. The zero-order valence-electron chi connectivity index (χ0n) is 10.4. The number of nitrogens with two attached hydrogens (primary N) is 1. The Morgan fingerprint density at radius 1 is 1.63 bits per heavy atom. The standard InChI is InChI=1S/C14H13ClN2OS/c1-3-4-8(2)17-14(18)13-12(16)10-6-5-9(15)7-11(10)19-13/h1,5-8H,4,16H2,2H3,(H,17,18). The maximum absolute atomic E-state index is 12.1. The molecule has 2 aromatic rings. The first-order chi connectivity index (χ1) is 9.02. The van der Waals surface area contributed by atoms with Crippen molar-refractivity contribution in [3.05, 3.63) is 28.1 Å². The van der Waals surface area contributed by atoms with E-state index in [0.29, 0.717) is 22.0 Å². The highest BCUT2D eigenvalue weighted by Crippen LogP contribution is 2.35. The molecule has 0 bridgehead atoms. The lowest BCUT2D eigenvalue weighted by Crippen LogP contribution is -2.32. The fourth-order valence-electron chi connectivity index (χ4n) is 1.78. The molecule has 0 aliphatic rings. The molecule has 0 saturated carbocycles. The minimum atomic E-state index is -0.197. The third-order valence-corrected chi connectivity index (χ3v) is 4.10. The number of amides is 1. The second-order valence-electron chi connectivity index (χ2n) is 4.27. The number of carbonyl (C=O) groups is 1. The van der Waals surface area contributed by atoms with Gasteiger partial charge in [0.05, 0.1) is 5.69 Å². The molecule has 0 saturated heterocycles. The Kier molecular flexibility index (Phi) is 3.98. The molecule has 0 fully saturated rings. The number of carbonyl (C=O) groups excluding carboxylic acids is 1. The molecule has 0 radical (unpaired) electrons. The van der Waals surface area contributed by atoms with E-state index in [1.54, 1.807) is 12.1 Å². The fourth-order valence-corrected chi connectivity index (χ4v) is 3.08. The van der Waals surface area contributed by atoms with E-state index in [-0.39, 0.29) is 11.9 Å². The molecule has 2 rings (SSSR count). The van der Waals surface area contributed by atoms with Gasteiger partial charge in [0.15, 0.2) is 0 Å². The maximum atomic E-state index is 12.1. The summed E-state index contributed by atoms with van der Waals surface area (Å²) >= 11 is 7.26. The van der Waals surface area contributed by atoms with Crippen molar-refractivity contribution in [2.24, 2.45) is 0 Å². The van der Waals surface area contributed by atoms with Gasteiger partial charge in [0.1, 0.15) is 4.88 Å². The van der Waals surface area contributed by atoms with Crippen molar-refractivity contribution < 1.29 is 4.79 Å². The summed E-state index contributed by atoms with van der Waals surface area (Å²) in [4.78, 5) is 12.6. The molecule has 98 valence electrons. The molecule has 1 heterocycles. The van der Waals surface area contributed by atoms with Gasteiger partial charge in [-0.05, 0) is 25.1 Å². The van der Waals surface area contributed by atoms with Crippen LogP contribution >= 0.6 is 22.9 Å². The largest absolute Gasteiger partial charge is 0.397 e. The van der Waals surface area contributed by atoms with E-state index in [1.807, 2.05) is 13.0 Å². The summed E-state index contributed by atoms with van der Waals surface area (Å²) in [6.45, 7) is 1.86. The van der Waals surface area contributed by atoms with Crippen LogP contribution in [0.25, 0.3) is 10.1 Å². The normalized spacial score (nSPS) is 12.1. The van der Waals surface area contributed by atoms with Gasteiger partial charge >= 0.3 is 0 Å². The minimum absolute atomic E-state index is 0.0781. The van der Waals surface area contributed by atoms with Crippen LogP contribution in [0.5, 0.6) is 0 Å². The molecule has 1 aromatic heterocycles. The van der Waals surface area contributed by atoms with Gasteiger partial charge in [-0.1, -0.05) is 11.6 Å². The van der Waals surface area contributed by atoms with Crippen molar-refractivity contribution in [2.75, 3.05) is 5.73 Å². The number of hydrogen-bond acceptors (Lipinski definition) is 3. The number of anilines is 1. The van der Waals surface area contributed by atoms with E-state index in [4.69, 9.17) is 23.8 Å². The van der Waals surface area contributed by atoms with Gasteiger partial charge < -0.3 is 11.1 Å². The Bertz CT molecular complexity index is 672. The smallest absolute Gasteiger partial charge is 0.263 e. The highest BCUT2D eigenvalue weighted by atomic mass is 35.5. The molecule has 1 unspecified atom stereocenters. The minimum Gasteiger partial charge on any atom is -0.397 e. The van der Waals surface area contributed by atoms with Crippen molar-refractivity contribution in [1.82, 2.24) is 5.32 Å². The lowest BCUT2D eigenvalue weighted by atomic mass is 10.2. The summed E-state index contributed by atoms with van der Waals surface area (Å²) in [6.07, 6.45) is 5.70. The first-order valence-corrected chi connectivity index (χ1v) is 6.94. The third kappa shape index (κ3) is 2.83. The first-order valence-electron chi connectivity index (χ1n) is 5.74. The molecule has 0 spiro atoms. The van der Waals surface area contributed by atoms with Crippen LogP contribution in [0.3, 0.4) is 0 Å². The molecule has 19 heavy (non-hydrogen) atoms. The van der Waals surface area contributed by atoms with Crippen molar-refractivity contribution in [2.45, 2.75) is 19.4 Å². The molecule has 0 aliphatic heterocycles. The van der Waals surface area contributed by atoms with Gasteiger partial charge in [0, 0.05) is 27.6 Å². The predicted molar refractivity (Wildman–Crippen MR) is 81.6 cm³/mol. The summed E-state index contributed by atoms with van der Waals surface area (Å²) < 4.78 is 0.903. The van der Waals surface area contributed by atoms with Crippen LogP contribution in [0.4, 0.5) is 5.69 Å². The van der Waals surface area contributed by atoms with E-state index in [9.17, 15) is 4.79 Å². The zero-order chi connectivity index (χ0) is 14.0. The van der Waals surface area contributed by atoms with Crippen LogP contribution in [-0.4, -0.2) is 11.9 Å². The Hall–Kier alpha value is -1.70. The quantitative estimate of drug-likeness (QED) is 0.853. The van der Waals surface area contributed by atoms with Gasteiger partial charge in [-0.3, -0.25) is 4.79 Å². The van der Waals surface area contributed by atoms with Crippen molar-refractivity contribution in [3.8, 4) is 12.3 Å². The Morgan fingerprint density at radius 2 is 2.37 bits per heavy atom. The lowest BCUT2D eigenvalue weighted by molar-refractivity contribution is 0.0946. The summed E-state index contributed by atoms with van der Waals surface area (Å²) in [7, 11) is 0. The average Bonchev–Trinajstić information content (AvgIpc) is 2.66. The van der Waals surface area contributed by atoms with E-state index < -0.39 is 0 Å². The number of thiophene rings is 1. The third-order valence-electron chi connectivity index (χ3n) is 2.70. The second kappa shape index (κ2) is 5.52. The van der Waals surface area contributed by atoms with Crippen molar-refractivity contribution in [3.63, 3.8) is 0 Å². The van der Waals surface area contributed by atoms with Crippen LogP contribution < -0.4 is 11.1 Å². The van der Waals surface area contributed by atoms with E-state index in [0.717, 1.165) is 10.1 Å². The molecule has 1 atom stereocenters. The summed E-state index contributed by atoms with van der Waals surface area (Å²) in [5.41, 5.74) is 6.49. The number of halogens is 1. The molecule has 5 heteroatoms. The topological polar surface area (TPSA) is 55.1 Å². The Balaban J connectivity index is 2.33. The number of rotatable bonds is 3. The Labute approximate surface area is 120 Å². The molecule has 1 amide bonds. The van der Waals surface area contributed by atoms with Gasteiger partial charge in [-0.25, -0.2) is 0 Å². The predicted octanol–water partition coefficient (Wildman–Crippen LogP) is 3.28. The van der Waals surface area contributed by atoms with E-state index >= 15 is 0 Å². The molecule has 0 aliphatic carbocycles. The number of terminal acetylenes is 1. The van der Waals surface area contributed by atoms with Gasteiger partial charge in [0.2, 0.25) is 0 Å². The molecular formula is C14H13ClN2OS. The van der Waals surface area contributed by atoms with E-state index in [1.165, 1.54) is 11.3 Å². The second-order valence-corrected chi connectivity index (χ2v) is 5.76. The average molecular weight is 293 g/mol. The number of nitrogens with one attached hydrogen (secondary N) is 1. The molecular weight excluding hydrogens is 280 g/mol. The van der Waals surface area contributed by atoms with Crippen LogP contribution in [0.1, 0.15) is 23.0 Å². The van der Waals surface area contributed by atoms with E-state index in [2.05, 4.69) is 11.2 Å². The Morgan fingerprint density at radius 3 is 3.05 bits per heavy atom. The molecule has 1 aromatic carbocycles. The van der Waals surface area contributed by atoms with Crippen molar-refractivity contribution >= 4 is 44.6 Å². The monoisotopic (exact) mass is 292 g/mol. The van der Waals surface area contributed by atoms with Crippen LogP contribution in [0, 0.1) is 12.3 Å². The van der Waals surface area contributed by atoms with Crippen LogP contribution in [-0.2, 0) is 0 Å². The number of nitrogen functional groups attached to an aromatic ring is 1. The lowest BCUT2D eigenvalue weighted by Gasteiger charge is -2.09. The van der Waals surface area contributed by atoms with Crippen LogP contribution in [0.15, 0.2) is 18.2 Å². The van der Waals surface area contributed by atoms with Crippen molar-refractivity contribution in [1.29, 1.82) is 0 Å². The molecule has 3 nitrogen and oxygen atoms in total. The van der Waals surface area contributed by atoms with Gasteiger partial charge in [-0.2, -0.15) is 0 Å². The number of hydrogen-bond donors (Lipinski definition) is 2. The number of benzene rings is 1. The maximum Gasteiger partial charge on any atom is 0.263 e. The highest BCUT2D eigenvalue weighted by Gasteiger charge is 2.17. The SMILES string of the molecule is C#CCC(C)NC(=O)c1sc2cc(Cl)ccc2c1N. The van der Waals surface area contributed by atoms with Gasteiger partial charge in [-0.15, -0.1) is 23.7 Å². The highest BCUT2D eigenvalue weighted by molar-refractivity contribution is 7.21. The summed E-state index contributed by atoms with van der Waals surface area (Å²) in [5.74, 6) is 2.32. The molecule has 3 N–H and O–H groups in total. The first kappa shape index (κ1) is 13.7. The van der Waals surface area contributed by atoms with Gasteiger partial charge in [0.25, 0.3) is 5.91 Å². The van der Waals surface area contributed by atoms with Crippen LogP contribution in [0.2, 0.25) is 5.02 Å².